The number of anilines is 1. The van der Waals surface area contributed by atoms with Crippen LogP contribution < -0.4 is 14.8 Å². The third-order valence-corrected chi connectivity index (χ3v) is 3.31. The normalized spacial score (nSPS) is 11.6. The van der Waals surface area contributed by atoms with Gasteiger partial charge in [-0.3, -0.25) is 4.79 Å². The maximum atomic E-state index is 12.1. The highest BCUT2D eigenvalue weighted by Crippen LogP contribution is 2.20. The Morgan fingerprint density at radius 2 is 1.86 bits per heavy atom. The van der Waals surface area contributed by atoms with Crippen LogP contribution in [0, 0.1) is 0 Å². The Labute approximate surface area is 132 Å². The Bertz CT molecular complexity index is 630. The molecule has 1 amide bonds. The van der Waals surface area contributed by atoms with Gasteiger partial charge in [0.05, 0.1) is 7.11 Å². The first-order valence-electron chi connectivity index (χ1n) is 6.45. The van der Waals surface area contributed by atoms with Crippen molar-refractivity contribution in [2.45, 2.75) is 13.0 Å². The van der Waals surface area contributed by atoms with Crippen molar-refractivity contribution in [3.8, 4) is 11.5 Å². The van der Waals surface area contributed by atoms with Crippen LogP contribution in [0.25, 0.3) is 0 Å². The van der Waals surface area contributed by atoms with Gasteiger partial charge in [0.15, 0.2) is 6.10 Å². The summed E-state index contributed by atoms with van der Waals surface area (Å²) in [6.07, 6.45) is -0.606. The second kappa shape index (κ2) is 7.13. The molecule has 1 atom stereocenters. The standard InChI is InChI=1S/C16H16BrNO3/c1-11(21-15-8-3-5-12(17)9-15)16(19)18-13-6-4-7-14(10-13)20-2/h3-11H,1-2H3,(H,18,19)/t11-/m0/s1. The highest BCUT2D eigenvalue weighted by molar-refractivity contribution is 9.10. The molecule has 0 bridgehead atoms. The molecule has 2 rings (SSSR count). The number of hydrogen-bond donors (Lipinski definition) is 1. The first-order valence-corrected chi connectivity index (χ1v) is 7.25. The number of methoxy groups -OCH3 is 1. The third kappa shape index (κ3) is 4.49. The van der Waals surface area contributed by atoms with E-state index in [2.05, 4.69) is 21.2 Å². The highest BCUT2D eigenvalue weighted by atomic mass is 79.9. The molecule has 0 saturated heterocycles. The van der Waals surface area contributed by atoms with Crippen LogP contribution in [-0.4, -0.2) is 19.1 Å². The molecule has 0 heterocycles. The average molecular weight is 350 g/mol. The van der Waals surface area contributed by atoms with Crippen LogP contribution in [0.2, 0.25) is 0 Å². The molecule has 0 unspecified atom stereocenters. The van der Waals surface area contributed by atoms with Gasteiger partial charge in [0, 0.05) is 16.2 Å². The molecule has 5 heteroatoms. The minimum atomic E-state index is -0.606. The van der Waals surface area contributed by atoms with Gasteiger partial charge in [-0.15, -0.1) is 0 Å². The molecule has 0 fully saturated rings. The molecule has 2 aromatic rings. The highest BCUT2D eigenvalue weighted by Gasteiger charge is 2.15. The van der Waals surface area contributed by atoms with E-state index in [0.29, 0.717) is 17.2 Å². The summed E-state index contributed by atoms with van der Waals surface area (Å²) >= 11 is 3.36. The van der Waals surface area contributed by atoms with Gasteiger partial charge in [-0.1, -0.05) is 28.1 Å². The van der Waals surface area contributed by atoms with E-state index in [1.165, 1.54) is 0 Å². The minimum Gasteiger partial charge on any atom is -0.497 e. The number of hydrogen-bond acceptors (Lipinski definition) is 3. The van der Waals surface area contributed by atoms with Crippen LogP contribution in [0.4, 0.5) is 5.69 Å². The molecule has 0 spiro atoms. The van der Waals surface area contributed by atoms with Crippen LogP contribution >= 0.6 is 15.9 Å². The van der Waals surface area contributed by atoms with Crippen molar-refractivity contribution < 1.29 is 14.3 Å². The van der Waals surface area contributed by atoms with E-state index in [-0.39, 0.29) is 5.91 Å². The van der Waals surface area contributed by atoms with E-state index in [9.17, 15) is 4.79 Å². The van der Waals surface area contributed by atoms with Crippen molar-refractivity contribution in [1.29, 1.82) is 0 Å². The first kappa shape index (κ1) is 15.4. The minimum absolute atomic E-state index is 0.219. The number of carbonyl (C=O) groups is 1. The fraction of sp³-hybridized carbons (Fsp3) is 0.188. The quantitative estimate of drug-likeness (QED) is 0.891. The lowest BCUT2D eigenvalue weighted by Gasteiger charge is -2.15. The summed E-state index contributed by atoms with van der Waals surface area (Å²) in [5.74, 6) is 1.11. The van der Waals surface area contributed by atoms with E-state index < -0.39 is 6.10 Å². The second-order valence-corrected chi connectivity index (χ2v) is 5.35. The number of halogens is 1. The van der Waals surface area contributed by atoms with E-state index >= 15 is 0 Å². The predicted octanol–water partition coefficient (Wildman–Crippen LogP) is 3.86. The largest absolute Gasteiger partial charge is 0.497 e. The molecule has 0 saturated carbocycles. The summed E-state index contributed by atoms with van der Waals surface area (Å²) in [7, 11) is 1.58. The van der Waals surface area contributed by atoms with E-state index in [1.54, 1.807) is 32.2 Å². The zero-order chi connectivity index (χ0) is 15.2. The lowest BCUT2D eigenvalue weighted by Crippen LogP contribution is -2.30. The average Bonchev–Trinajstić information content (AvgIpc) is 2.47. The van der Waals surface area contributed by atoms with Crippen molar-refractivity contribution in [3.63, 3.8) is 0 Å². The van der Waals surface area contributed by atoms with Gasteiger partial charge in [-0.25, -0.2) is 0 Å². The summed E-state index contributed by atoms with van der Waals surface area (Å²) in [6.45, 7) is 1.70. The number of carbonyl (C=O) groups excluding carboxylic acids is 1. The van der Waals surface area contributed by atoms with Gasteiger partial charge in [0.1, 0.15) is 11.5 Å². The van der Waals surface area contributed by atoms with Crippen molar-refractivity contribution >= 4 is 27.5 Å². The smallest absolute Gasteiger partial charge is 0.265 e. The maximum Gasteiger partial charge on any atom is 0.265 e. The monoisotopic (exact) mass is 349 g/mol. The van der Waals surface area contributed by atoms with Gasteiger partial charge in [-0.05, 0) is 37.3 Å². The van der Waals surface area contributed by atoms with Crippen molar-refractivity contribution in [2.24, 2.45) is 0 Å². The van der Waals surface area contributed by atoms with E-state index in [4.69, 9.17) is 9.47 Å². The second-order valence-electron chi connectivity index (χ2n) is 4.44. The Morgan fingerprint density at radius 3 is 2.57 bits per heavy atom. The Balaban J connectivity index is 1.99. The van der Waals surface area contributed by atoms with Crippen LogP contribution in [0.3, 0.4) is 0 Å². The molecule has 21 heavy (non-hydrogen) atoms. The zero-order valence-corrected chi connectivity index (χ0v) is 13.4. The summed E-state index contributed by atoms with van der Waals surface area (Å²) < 4.78 is 11.6. The van der Waals surface area contributed by atoms with Gasteiger partial charge >= 0.3 is 0 Å². The summed E-state index contributed by atoms with van der Waals surface area (Å²) in [4.78, 5) is 12.1. The van der Waals surface area contributed by atoms with Crippen molar-refractivity contribution in [3.05, 3.63) is 53.0 Å². The molecular formula is C16H16BrNO3. The van der Waals surface area contributed by atoms with Crippen molar-refractivity contribution in [2.75, 3.05) is 12.4 Å². The van der Waals surface area contributed by atoms with Gasteiger partial charge in [0.25, 0.3) is 5.91 Å². The summed E-state index contributed by atoms with van der Waals surface area (Å²) in [5, 5.41) is 2.80. The number of nitrogens with one attached hydrogen (secondary N) is 1. The molecule has 0 radical (unpaired) electrons. The van der Waals surface area contributed by atoms with Gasteiger partial charge in [0.2, 0.25) is 0 Å². The Kier molecular flexibility index (Phi) is 5.22. The molecule has 0 aliphatic rings. The molecule has 1 N–H and O–H groups in total. The SMILES string of the molecule is COc1cccc(NC(=O)[C@H](C)Oc2cccc(Br)c2)c1. The summed E-state index contributed by atoms with van der Waals surface area (Å²) in [6, 6.07) is 14.6. The van der Waals surface area contributed by atoms with E-state index in [1.807, 2.05) is 30.3 Å². The topological polar surface area (TPSA) is 47.6 Å². The molecule has 0 aliphatic carbocycles. The van der Waals surface area contributed by atoms with Gasteiger partial charge < -0.3 is 14.8 Å². The molecule has 0 aliphatic heterocycles. The number of benzene rings is 2. The van der Waals surface area contributed by atoms with Crippen LogP contribution in [0.15, 0.2) is 53.0 Å². The van der Waals surface area contributed by atoms with Crippen LogP contribution in [0.1, 0.15) is 6.92 Å². The van der Waals surface area contributed by atoms with E-state index in [0.717, 1.165) is 4.47 Å². The first-order chi connectivity index (χ1) is 10.1. The number of rotatable bonds is 5. The molecule has 2 aromatic carbocycles. The Hall–Kier alpha value is -2.01. The van der Waals surface area contributed by atoms with Crippen molar-refractivity contribution in [1.82, 2.24) is 0 Å². The molecule has 0 aromatic heterocycles. The molecule has 110 valence electrons. The fourth-order valence-electron chi connectivity index (χ4n) is 1.74. The molecule has 4 nitrogen and oxygen atoms in total. The molecular weight excluding hydrogens is 334 g/mol. The Morgan fingerprint density at radius 1 is 1.14 bits per heavy atom. The lowest BCUT2D eigenvalue weighted by atomic mass is 10.2. The van der Waals surface area contributed by atoms with Crippen LogP contribution in [-0.2, 0) is 4.79 Å². The fourth-order valence-corrected chi connectivity index (χ4v) is 2.12. The van der Waals surface area contributed by atoms with Gasteiger partial charge in [-0.2, -0.15) is 0 Å². The number of ether oxygens (including phenoxy) is 2. The zero-order valence-electron chi connectivity index (χ0n) is 11.8. The predicted molar refractivity (Wildman–Crippen MR) is 85.9 cm³/mol. The lowest BCUT2D eigenvalue weighted by molar-refractivity contribution is -0.122. The third-order valence-electron chi connectivity index (χ3n) is 2.82. The van der Waals surface area contributed by atoms with Crippen LogP contribution in [0.5, 0.6) is 11.5 Å². The summed E-state index contributed by atoms with van der Waals surface area (Å²) in [5.41, 5.74) is 0.670. The number of amides is 1. The maximum absolute atomic E-state index is 12.1.